The smallest absolute Gasteiger partial charge is 0.320 e. The molecule has 3 rings (SSSR count). The number of amides is 1. The van der Waals surface area contributed by atoms with Gasteiger partial charge >= 0.3 is 11.9 Å². The van der Waals surface area contributed by atoms with E-state index < -0.39 is 29.7 Å². The molecule has 2 unspecified atom stereocenters. The highest BCUT2D eigenvalue weighted by Gasteiger charge is 2.45. The Hall–Kier alpha value is -2.71. The SMILES string of the molecule is COC(=O)C(C(=O)OC)C(COCc1ccccc1)C(C(=O)N1CCCCC1)c1ccc(Br)cc1. The van der Waals surface area contributed by atoms with Crippen LogP contribution in [0, 0.1) is 11.8 Å². The van der Waals surface area contributed by atoms with Crippen molar-refractivity contribution in [1.82, 2.24) is 4.90 Å². The lowest BCUT2D eigenvalue weighted by Gasteiger charge is -2.36. The van der Waals surface area contributed by atoms with E-state index in [0.29, 0.717) is 18.7 Å². The summed E-state index contributed by atoms with van der Waals surface area (Å²) in [7, 11) is 2.45. The number of halogens is 1. The molecular formula is C27H32BrNO6. The first-order chi connectivity index (χ1) is 17.0. The average Bonchev–Trinajstić information content (AvgIpc) is 2.90. The molecule has 1 amide bonds. The van der Waals surface area contributed by atoms with Gasteiger partial charge in [0.25, 0.3) is 0 Å². The molecule has 0 N–H and O–H groups in total. The minimum absolute atomic E-state index is 0.00985. The summed E-state index contributed by atoms with van der Waals surface area (Å²) in [5, 5.41) is 0. The van der Waals surface area contributed by atoms with E-state index in [1.54, 1.807) is 0 Å². The minimum Gasteiger partial charge on any atom is -0.468 e. The minimum atomic E-state index is -1.32. The molecule has 0 saturated carbocycles. The largest absolute Gasteiger partial charge is 0.468 e. The van der Waals surface area contributed by atoms with Crippen molar-refractivity contribution >= 4 is 33.8 Å². The van der Waals surface area contributed by atoms with Crippen molar-refractivity contribution < 1.29 is 28.6 Å². The topological polar surface area (TPSA) is 82.1 Å². The first kappa shape index (κ1) is 26.9. The first-order valence-electron chi connectivity index (χ1n) is 11.8. The summed E-state index contributed by atoms with van der Waals surface area (Å²) >= 11 is 3.44. The lowest BCUT2D eigenvalue weighted by atomic mass is 9.77. The van der Waals surface area contributed by atoms with Gasteiger partial charge in [-0.3, -0.25) is 14.4 Å². The quantitative estimate of drug-likeness (QED) is 0.326. The summed E-state index contributed by atoms with van der Waals surface area (Å²) in [4.78, 5) is 41.5. The van der Waals surface area contributed by atoms with Crippen LogP contribution in [0.5, 0.6) is 0 Å². The summed E-state index contributed by atoms with van der Waals surface area (Å²) in [5.74, 6) is -4.56. The molecule has 1 fully saturated rings. The lowest BCUT2D eigenvalue weighted by molar-refractivity contribution is -0.164. The molecule has 0 spiro atoms. The van der Waals surface area contributed by atoms with Crippen molar-refractivity contribution in [2.75, 3.05) is 33.9 Å². The Kier molecular flexibility index (Phi) is 10.3. The normalized spacial score (nSPS) is 15.4. The van der Waals surface area contributed by atoms with Gasteiger partial charge in [0.15, 0.2) is 5.92 Å². The Labute approximate surface area is 214 Å². The van der Waals surface area contributed by atoms with Crippen molar-refractivity contribution in [1.29, 1.82) is 0 Å². The van der Waals surface area contributed by atoms with E-state index in [4.69, 9.17) is 14.2 Å². The van der Waals surface area contributed by atoms with Crippen LogP contribution in [0.4, 0.5) is 0 Å². The van der Waals surface area contributed by atoms with E-state index in [1.165, 1.54) is 14.2 Å². The van der Waals surface area contributed by atoms with Crippen LogP contribution in [0.1, 0.15) is 36.3 Å². The van der Waals surface area contributed by atoms with Gasteiger partial charge in [-0.05, 0) is 42.5 Å². The molecule has 0 bridgehead atoms. The second-order valence-electron chi connectivity index (χ2n) is 8.60. The van der Waals surface area contributed by atoms with Gasteiger partial charge in [-0.2, -0.15) is 0 Å². The van der Waals surface area contributed by atoms with Gasteiger partial charge in [-0.25, -0.2) is 0 Å². The van der Waals surface area contributed by atoms with Crippen LogP contribution in [0.3, 0.4) is 0 Å². The third-order valence-corrected chi connectivity index (χ3v) is 6.88. The second kappa shape index (κ2) is 13.4. The number of hydrogen-bond acceptors (Lipinski definition) is 6. The average molecular weight is 546 g/mol. The van der Waals surface area contributed by atoms with E-state index in [9.17, 15) is 14.4 Å². The zero-order chi connectivity index (χ0) is 25.2. The van der Waals surface area contributed by atoms with Gasteiger partial charge in [0, 0.05) is 23.5 Å². The second-order valence-corrected chi connectivity index (χ2v) is 9.52. The molecule has 2 aromatic rings. The van der Waals surface area contributed by atoms with Gasteiger partial charge in [-0.15, -0.1) is 0 Å². The van der Waals surface area contributed by atoms with Gasteiger partial charge in [0.05, 0.1) is 33.4 Å². The number of esters is 2. The van der Waals surface area contributed by atoms with Gasteiger partial charge in [-0.1, -0.05) is 58.4 Å². The Balaban J connectivity index is 2.01. The molecule has 1 saturated heterocycles. The summed E-state index contributed by atoms with van der Waals surface area (Å²) < 4.78 is 16.8. The monoisotopic (exact) mass is 545 g/mol. The van der Waals surface area contributed by atoms with E-state index in [0.717, 1.165) is 29.3 Å². The fourth-order valence-corrected chi connectivity index (χ4v) is 4.79. The van der Waals surface area contributed by atoms with E-state index >= 15 is 0 Å². The number of carbonyl (C=O) groups excluding carboxylic acids is 3. The highest BCUT2D eigenvalue weighted by atomic mass is 79.9. The summed E-state index contributed by atoms with van der Waals surface area (Å²) in [6.07, 6.45) is 2.92. The molecule has 0 aromatic heterocycles. The Morgan fingerprint density at radius 2 is 1.49 bits per heavy atom. The number of hydrogen-bond donors (Lipinski definition) is 0. The van der Waals surface area contributed by atoms with Crippen LogP contribution in [0.15, 0.2) is 59.1 Å². The standard InChI is InChI=1S/C27H32BrNO6/c1-33-26(31)24(27(32)34-2)22(18-35-17-19-9-5-3-6-10-19)23(20-11-13-21(28)14-12-20)25(30)29-15-7-4-8-16-29/h3,5-6,9-14,22-24H,4,7-8,15-18H2,1-2H3. The van der Waals surface area contributed by atoms with Crippen LogP contribution in [-0.2, 0) is 35.2 Å². The maximum absolute atomic E-state index is 13.9. The Morgan fingerprint density at radius 3 is 2.06 bits per heavy atom. The highest BCUT2D eigenvalue weighted by molar-refractivity contribution is 9.10. The van der Waals surface area contributed by atoms with Crippen molar-refractivity contribution in [3.8, 4) is 0 Å². The molecule has 1 aliphatic heterocycles. The van der Waals surface area contributed by atoms with Crippen LogP contribution >= 0.6 is 15.9 Å². The first-order valence-corrected chi connectivity index (χ1v) is 12.6. The van der Waals surface area contributed by atoms with Crippen molar-refractivity contribution in [3.05, 3.63) is 70.2 Å². The predicted molar refractivity (Wildman–Crippen MR) is 134 cm³/mol. The van der Waals surface area contributed by atoms with Crippen molar-refractivity contribution in [3.63, 3.8) is 0 Å². The number of rotatable bonds is 10. The van der Waals surface area contributed by atoms with Crippen LogP contribution < -0.4 is 0 Å². The molecule has 1 heterocycles. The summed E-state index contributed by atoms with van der Waals surface area (Å²) in [5.41, 5.74) is 1.65. The fraction of sp³-hybridized carbons (Fsp3) is 0.444. The molecule has 2 atom stereocenters. The van der Waals surface area contributed by atoms with Crippen LogP contribution in [0.2, 0.25) is 0 Å². The molecule has 0 radical (unpaired) electrons. The van der Waals surface area contributed by atoms with Gasteiger partial charge in [0.1, 0.15) is 0 Å². The number of methoxy groups -OCH3 is 2. The van der Waals surface area contributed by atoms with Crippen molar-refractivity contribution in [2.45, 2.75) is 31.8 Å². The number of piperidine rings is 1. The molecule has 0 aliphatic carbocycles. The maximum Gasteiger partial charge on any atom is 0.320 e. The van der Waals surface area contributed by atoms with Crippen molar-refractivity contribution in [2.24, 2.45) is 11.8 Å². The molecule has 188 valence electrons. The molecule has 35 heavy (non-hydrogen) atoms. The number of carbonyl (C=O) groups is 3. The van der Waals surface area contributed by atoms with Crippen LogP contribution in [-0.4, -0.2) is 56.7 Å². The zero-order valence-electron chi connectivity index (χ0n) is 20.2. The fourth-order valence-electron chi connectivity index (χ4n) is 4.53. The number of benzene rings is 2. The van der Waals surface area contributed by atoms with Crippen LogP contribution in [0.25, 0.3) is 0 Å². The predicted octanol–water partition coefficient (Wildman–Crippen LogP) is 4.34. The molecule has 7 nitrogen and oxygen atoms in total. The van der Waals surface area contributed by atoms with E-state index in [-0.39, 0.29) is 19.1 Å². The molecular weight excluding hydrogens is 514 g/mol. The third kappa shape index (κ3) is 7.15. The Bertz CT molecular complexity index is 959. The number of likely N-dealkylation sites (tertiary alicyclic amines) is 1. The highest BCUT2D eigenvalue weighted by Crippen LogP contribution is 2.36. The molecule has 2 aromatic carbocycles. The molecule has 8 heteroatoms. The number of ether oxygens (including phenoxy) is 3. The Morgan fingerprint density at radius 1 is 0.886 bits per heavy atom. The van der Waals surface area contributed by atoms with E-state index in [1.807, 2.05) is 59.5 Å². The van der Waals surface area contributed by atoms with E-state index in [2.05, 4.69) is 15.9 Å². The lowest BCUT2D eigenvalue weighted by Crippen LogP contribution is -2.46. The van der Waals surface area contributed by atoms with Gasteiger partial charge < -0.3 is 19.1 Å². The third-order valence-electron chi connectivity index (χ3n) is 6.35. The van der Waals surface area contributed by atoms with Gasteiger partial charge in [0.2, 0.25) is 5.91 Å². The number of nitrogens with zero attached hydrogens (tertiary/aromatic N) is 1. The molecule has 1 aliphatic rings. The summed E-state index contributed by atoms with van der Waals surface area (Å²) in [6.45, 7) is 1.55. The zero-order valence-corrected chi connectivity index (χ0v) is 21.7. The maximum atomic E-state index is 13.9. The summed E-state index contributed by atoms with van der Waals surface area (Å²) in [6, 6.07) is 17.0.